The lowest BCUT2D eigenvalue weighted by Gasteiger charge is -2.14. The van der Waals surface area contributed by atoms with E-state index in [0.717, 1.165) is 18.5 Å². The maximum atomic E-state index is 5.62. The summed E-state index contributed by atoms with van der Waals surface area (Å²) in [5.41, 5.74) is 3.49. The van der Waals surface area contributed by atoms with Crippen molar-refractivity contribution in [3.8, 4) is 0 Å². The Morgan fingerprint density at radius 2 is 2.11 bits per heavy atom. The van der Waals surface area contributed by atoms with E-state index in [1.54, 1.807) is 0 Å². The molecule has 96 valence electrons. The fraction of sp³-hybridized carbons (Fsp3) is 0.375. The highest BCUT2D eigenvalue weighted by atomic mass is 16.3. The first-order chi connectivity index (χ1) is 8.72. The molecule has 0 spiro atoms. The van der Waals surface area contributed by atoms with Crippen LogP contribution in [0.25, 0.3) is 11.0 Å². The van der Waals surface area contributed by atoms with E-state index < -0.39 is 0 Å². The van der Waals surface area contributed by atoms with Gasteiger partial charge in [-0.15, -0.1) is 0 Å². The van der Waals surface area contributed by atoms with Crippen molar-refractivity contribution in [2.75, 3.05) is 6.54 Å². The average molecular weight is 243 g/mol. The second kappa shape index (κ2) is 5.87. The van der Waals surface area contributed by atoms with E-state index in [4.69, 9.17) is 4.42 Å². The van der Waals surface area contributed by atoms with Crippen molar-refractivity contribution in [3.05, 3.63) is 47.7 Å². The molecular formula is C16H21NO. The zero-order valence-corrected chi connectivity index (χ0v) is 11.4. The fourth-order valence-electron chi connectivity index (χ4n) is 2.13. The zero-order chi connectivity index (χ0) is 13.0. The highest BCUT2D eigenvalue weighted by Gasteiger charge is 2.13. The van der Waals surface area contributed by atoms with E-state index in [1.807, 2.05) is 18.4 Å². The third-order valence-corrected chi connectivity index (χ3v) is 2.96. The van der Waals surface area contributed by atoms with E-state index in [1.165, 1.54) is 16.5 Å². The van der Waals surface area contributed by atoms with Gasteiger partial charge in [-0.25, -0.2) is 0 Å². The van der Waals surface area contributed by atoms with Crippen LogP contribution in [-0.4, -0.2) is 6.54 Å². The molecule has 1 N–H and O–H groups in total. The summed E-state index contributed by atoms with van der Waals surface area (Å²) in [6.07, 6.45) is 5.26. The van der Waals surface area contributed by atoms with Crippen molar-refractivity contribution in [1.29, 1.82) is 0 Å². The van der Waals surface area contributed by atoms with E-state index in [9.17, 15) is 0 Å². The lowest BCUT2D eigenvalue weighted by atomic mass is 10.0. The predicted octanol–water partition coefficient (Wildman–Crippen LogP) is 4.44. The molecule has 1 unspecified atom stereocenters. The summed E-state index contributed by atoms with van der Waals surface area (Å²) < 4.78 is 5.62. The van der Waals surface area contributed by atoms with E-state index in [0.29, 0.717) is 0 Å². The van der Waals surface area contributed by atoms with Crippen LogP contribution in [0.15, 0.2) is 46.6 Å². The standard InChI is InChI=1S/C16H21NO/c1-4-9-17-15(10-12(2)3)14-11-18-16-8-6-5-7-13(14)16/h5-8,10-11,15,17H,4,9H2,1-3H3. The molecule has 0 saturated carbocycles. The minimum atomic E-state index is 0.235. The number of nitrogens with one attached hydrogen (secondary N) is 1. The molecule has 18 heavy (non-hydrogen) atoms. The molecule has 0 fully saturated rings. The number of fused-ring (bicyclic) bond motifs is 1. The van der Waals surface area contributed by atoms with E-state index in [2.05, 4.69) is 44.3 Å². The minimum absolute atomic E-state index is 0.235. The van der Waals surface area contributed by atoms with Gasteiger partial charge in [0.1, 0.15) is 5.58 Å². The topological polar surface area (TPSA) is 25.2 Å². The Labute approximate surface area is 109 Å². The molecule has 0 bridgehead atoms. The number of rotatable bonds is 5. The molecule has 2 nitrogen and oxygen atoms in total. The number of hydrogen-bond donors (Lipinski definition) is 1. The number of furan rings is 1. The van der Waals surface area contributed by atoms with Crippen molar-refractivity contribution < 1.29 is 4.42 Å². The van der Waals surface area contributed by atoms with Crippen LogP contribution in [-0.2, 0) is 0 Å². The van der Waals surface area contributed by atoms with Crippen LogP contribution >= 0.6 is 0 Å². The minimum Gasteiger partial charge on any atom is -0.464 e. The Morgan fingerprint density at radius 1 is 1.33 bits per heavy atom. The molecule has 2 heteroatoms. The highest BCUT2D eigenvalue weighted by Crippen LogP contribution is 2.27. The van der Waals surface area contributed by atoms with E-state index >= 15 is 0 Å². The lowest BCUT2D eigenvalue weighted by Crippen LogP contribution is -2.20. The first kappa shape index (κ1) is 12.9. The molecule has 1 aromatic heterocycles. The normalized spacial score (nSPS) is 12.6. The third kappa shape index (κ3) is 2.82. The van der Waals surface area contributed by atoms with Crippen molar-refractivity contribution in [1.82, 2.24) is 5.32 Å². The largest absolute Gasteiger partial charge is 0.464 e. The Bertz CT molecular complexity index is 535. The van der Waals surface area contributed by atoms with Gasteiger partial charge in [-0.1, -0.05) is 36.8 Å². The molecule has 0 aliphatic heterocycles. The third-order valence-electron chi connectivity index (χ3n) is 2.96. The molecule has 0 radical (unpaired) electrons. The van der Waals surface area contributed by atoms with Crippen molar-refractivity contribution >= 4 is 11.0 Å². The second-order valence-corrected chi connectivity index (χ2v) is 4.86. The Hall–Kier alpha value is -1.54. The van der Waals surface area contributed by atoms with Crippen LogP contribution in [0, 0.1) is 0 Å². The van der Waals surface area contributed by atoms with Gasteiger partial charge in [0.05, 0.1) is 12.3 Å². The van der Waals surface area contributed by atoms with Gasteiger partial charge < -0.3 is 9.73 Å². The van der Waals surface area contributed by atoms with Gasteiger partial charge >= 0.3 is 0 Å². The van der Waals surface area contributed by atoms with Crippen molar-refractivity contribution in [3.63, 3.8) is 0 Å². The summed E-state index contributed by atoms with van der Waals surface area (Å²) in [5.74, 6) is 0. The number of para-hydroxylation sites is 1. The van der Waals surface area contributed by atoms with Gasteiger partial charge in [-0.2, -0.15) is 0 Å². The Morgan fingerprint density at radius 3 is 2.83 bits per heavy atom. The molecule has 1 heterocycles. The molecule has 0 amide bonds. The molecule has 2 rings (SSSR count). The lowest BCUT2D eigenvalue weighted by molar-refractivity contribution is 0.578. The Kier molecular flexibility index (Phi) is 4.21. The van der Waals surface area contributed by atoms with Gasteiger partial charge in [-0.05, 0) is 32.9 Å². The average Bonchev–Trinajstić information content (AvgIpc) is 2.78. The summed E-state index contributed by atoms with van der Waals surface area (Å²) in [6.45, 7) is 7.44. The molecule has 2 aromatic rings. The molecule has 1 aromatic carbocycles. The van der Waals surface area contributed by atoms with Crippen molar-refractivity contribution in [2.24, 2.45) is 0 Å². The monoisotopic (exact) mass is 243 g/mol. The van der Waals surface area contributed by atoms with Crippen LogP contribution in [0.4, 0.5) is 0 Å². The first-order valence-corrected chi connectivity index (χ1v) is 6.57. The maximum absolute atomic E-state index is 5.62. The number of allylic oxidation sites excluding steroid dienone is 1. The Balaban J connectivity index is 2.37. The SMILES string of the molecule is CCCNC(C=C(C)C)c1coc2ccccc12. The maximum Gasteiger partial charge on any atom is 0.134 e. The quantitative estimate of drug-likeness (QED) is 0.785. The number of hydrogen-bond acceptors (Lipinski definition) is 2. The summed E-state index contributed by atoms with van der Waals surface area (Å²) >= 11 is 0. The summed E-state index contributed by atoms with van der Waals surface area (Å²) in [4.78, 5) is 0. The smallest absolute Gasteiger partial charge is 0.134 e. The number of benzene rings is 1. The fourth-order valence-corrected chi connectivity index (χ4v) is 2.13. The zero-order valence-electron chi connectivity index (χ0n) is 11.4. The molecule has 0 aliphatic carbocycles. The molecular weight excluding hydrogens is 222 g/mol. The summed E-state index contributed by atoms with van der Waals surface area (Å²) in [5, 5.41) is 4.76. The van der Waals surface area contributed by atoms with Crippen LogP contribution in [0.1, 0.15) is 38.8 Å². The van der Waals surface area contributed by atoms with Crippen LogP contribution in [0.5, 0.6) is 0 Å². The first-order valence-electron chi connectivity index (χ1n) is 6.57. The predicted molar refractivity (Wildman–Crippen MR) is 76.7 cm³/mol. The van der Waals surface area contributed by atoms with Gasteiger partial charge in [0.25, 0.3) is 0 Å². The summed E-state index contributed by atoms with van der Waals surface area (Å²) in [7, 11) is 0. The van der Waals surface area contributed by atoms with Crippen LogP contribution in [0.3, 0.4) is 0 Å². The van der Waals surface area contributed by atoms with Gasteiger partial charge in [0, 0.05) is 10.9 Å². The van der Waals surface area contributed by atoms with Gasteiger partial charge in [0.15, 0.2) is 0 Å². The van der Waals surface area contributed by atoms with Crippen LogP contribution in [0.2, 0.25) is 0 Å². The van der Waals surface area contributed by atoms with Gasteiger partial charge in [0.2, 0.25) is 0 Å². The second-order valence-electron chi connectivity index (χ2n) is 4.86. The van der Waals surface area contributed by atoms with Gasteiger partial charge in [-0.3, -0.25) is 0 Å². The molecule has 1 atom stereocenters. The molecule has 0 aliphatic rings. The van der Waals surface area contributed by atoms with Crippen molar-refractivity contribution in [2.45, 2.75) is 33.2 Å². The van der Waals surface area contributed by atoms with E-state index in [-0.39, 0.29) is 6.04 Å². The molecule has 0 saturated heterocycles. The summed E-state index contributed by atoms with van der Waals surface area (Å²) in [6, 6.07) is 8.43. The van der Waals surface area contributed by atoms with Crippen LogP contribution < -0.4 is 5.32 Å². The highest BCUT2D eigenvalue weighted by molar-refractivity contribution is 5.81.